The van der Waals surface area contributed by atoms with E-state index in [1.165, 1.54) is 6.42 Å². The van der Waals surface area contributed by atoms with Gasteiger partial charge in [-0.25, -0.2) is 0 Å². The third-order valence-corrected chi connectivity index (χ3v) is 4.32. The van der Waals surface area contributed by atoms with E-state index in [-0.39, 0.29) is 6.04 Å². The van der Waals surface area contributed by atoms with Crippen LogP contribution in [0.2, 0.25) is 0 Å². The standard InChI is InChI=1S/C12H21NO3S/c14-12(15)11(13-9-3-4-9)5-7-17-8-10-2-1-6-16-10/h9-11,13H,1-8H2,(H,14,15). The lowest BCUT2D eigenvalue weighted by molar-refractivity contribution is -0.139. The minimum Gasteiger partial charge on any atom is -0.480 e. The van der Waals surface area contributed by atoms with Gasteiger partial charge >= 0.3 is 5.97 Å². The molecule has 0 radical (unpaired) electrons. The van der Waals surface area contributed by atoms with E-state index in [2.05, 4.69) is 5.32 Å². The third kappa shape index (κ3) is 4.85. The molecule has 5 heteroatoms. The van der Waals surface area contributed by atoms with Gasteiger partial charge in [0.25, 0.3) is 0 Å². The summed E-state index contributed by atoms with van der Waals surface area (Å²) in [6, 6.07) is 0.0961. The lowest BCUT2D eigenvalue weighted by Gasteiger charge is -2.14. The monoisotopic (exact) mass is 259 g/mol. The Kier molecular flexibility index (Phi) is 5.13. The largest absolute Gasteiger partial charge is 0.480 e. The average Bonchev–Trinajstić information content (AvgIpc) is 2.96. The molecule has 0 aromatic rings. The second kappa shape index (κ2) is 6.61. The van der Waals surface area contributed by atoms with Crippen molar-refractivity contribution in [3.05, 3.63) is 0 Å². The van der Waals surface area contributed by atoms with Gasteiger partial charge in [0.1, 0.15) is 6.04 Å². The number of hydrogen-bond acceptors (Lipinski definition) is 4. The molecule has 2 aliphatic rings. The number of aliphatic carboxylic acids is 1. The first-order valence-electron chi connectivity index (χ1n) is 6.44. The highest BCUT2D eigenvalue weighted by atomic mass is 32.2. The van der Waals surface area contributed by atoms with Crippen molar-refractivity contribution in [1.29, 1.82) is 0 Å². The highest BCUT2D eigenvalue weighted by Gasteiger charge is 2.27. The van der Waals surface area contributed by atoms with E-state index < -0.39 is 5.97 Å². The number of carbonyl (C=O) groups is 1. The SMILES string of the molecule is O=C(O)C(CCSCC1CCCO1)NC1CC1. The van der Waals surface area contributed by atoms with Gasteiger partial charge in [0, 0.05) is 18.4 Å². The fourth-order valence-corrected chi connectivity index (χ4v) is 3.10. The van der Waals surface area contributed by atoms with E-state index in [9.17, 15) is 4.79 Å². The second-order valence-electron chi connectivity index (χ2n) is 4.83. The first-order valence-corrected chi connectivity index (χ1v) is 7.59. The van der Waals surface area contributed by atoms with Gasteiger partial charge in [-0.3, -0.25) is 4.79 Å². The zero-order valence-electron chi connectivity index (χ0n) is 10.1. The van der Waals surface area contributed by atoms with Crippen molar-refractivity contribution in [3.63, 3.8) is 0 Å². The number of hydrogen-bond donors (Lipinski definition) is 2. The van der Waals surface area contributed by atoms with Crippen LogP contribution in [0, 0.1) is 0 Å². The Balaban J connectivity index is 1.56. The van der Waals surface area contributed by atoms with Crippen molar-refractivity contribution < 1.29 is 14.6 Å². The molecule has 1 heterocycles. The molecule has 1 aliphatic carbocycles. The van der Waals surface area contributed by atoms with Gasteiger partial charge in [0.2, 0.25) is 0 Å². The van der Waals surface area contributed by atoms with Crippen LogP contribution in [0.3, 0.4) is 0 Å². The summed E-state index contributed by atoms with van der Waals surface area (Å²) in [6.45, 7) is 0.895. The normalized spacial score (nSPS) is 26.0. The molecule has 0 amide bonds. The molecule has 1 aliphatic heterocycles. The van der Waals surface area contributed by atoms with Gasteiger partial charge in [-0.1, -0.05) is 0 Å². The molecule has 0 aromatic heterocycles. The van der Waals surface area contributed by atoms with Crippen molar-refractivity contribution in [2.24, 2.45) is 0 Å². The Morgan fingerprint density at radius 2 is 2.29 bits per heavy atom. The highest BCUT2D eigenvalue weighted by molar-refractivity contribution is 7.99. The van der Waals surface area contributed by atoms with Crippen LogP contribution in [0.5, 0.6) is 0 Å². The molecule has 17 heavy (non-hydrogen) atoms. The molecule has 4 nitrogen and oxygen atoms in total. The molecular formula is C12H21NO3S. The van der Waals surface area contributed by atoms with Gasteiger partial charge < -0.3 is 15.2 Å². The summed E-state index contributed by atoms with van der Waals surface area (Å²) in [6.07, 6.45) is 5.71. The number of rotatable bonds is 8. The van der Waals surface area contributed by atoms with Gasteiger partial charge in [-0.2, -0.15) is 11.8 Å². The molecule has 2 N–H and O–H groups in total. The first-order chi connectivity index (χ1) is 8.25. The summed E-state index contributed by atoms with van der Waals surface area (Å²) >= 11 is 1.82. The quantitative estimate of drug-likeness (QED) is 0.647. The summed E-state index contributed by atoms with van der Waals surface area (Å²) in [7, 11) is 0. The summed E-state index contributed by atoms with van der Waals surface area (Å²) in [5, 5.41) is 12.2. The summed E-state index contributed by atoms with van der Waals surface area (Å²) in [4.78, 5) is 11.0. The zero-order valence-corrected chi connectivity index (χ0v) is 10.9. The van der Waals surface area contributed by atoms with Crippen LogP contribution >= 0.6 is 11.8 Å². The number of carboxylic acids is 1. The number of carboxylic acid groups (broad SMARTS) is 1. The van der Waals surface area contributed by atoms with Crippen LogP contribution in [0.25, 0.3) is 0 Å². The predicted molar refractivity (Wildman–Crippen MR) is 68.5 cm³/mol. The van der Waals surface area contributed by atoms with Gasteiger partial charge in [-0.05, 0) is 37.9 Å². The Hall–Kier alpha value is -0.260. The van der Waals surface area contributed by atoms with Crippen molar-refractivity contribution in [2.75, 3.05) is 18.1 Å². The van der Waals surface area contributed by atoms with E-state index in [0.717, 1.165) is 37.4 Å². The van der Waals surface area contributed by atoms with Crippen LogP contribution < -0.4 is 5.32 Å². The summed E-state index contributed by atoms with van der Waals surface area (Å²) < 4.78 is 5.53. The minimum absolute atomic E-state index is 0.362. The van der Waals surface area contributed by atoms with Crippen LogP contribution in [0.15, 0.2) is 0 Å². The molecular weight excluding hydrogens is 238 g/mol. The van der Waals surface area contributed by atoms with Gasteiger partial charge in [-0.15, -0.1) is 0 Å². The van der Waals surface area contributed by atoms with E-state index in [1.54, 1.807) is 0 Å². The van der Waals surface area contributed by atoms with Gasteiger partial charge in [0.05, 0.1) is 6.10 Å². The lowest BCUT2D eigenvalue weighted by atomic mass is 10.2. The van der Waals surface area contributed by atoms with E-state index in [0.29, 0.717) is 18.6 Å². The Morgan fingerprint density at radius 3 is 2.88 bits per heavy atom. The highest BCUT2D eigenvalue weighted by Crippen LogP contribution is 2.21. The maximum absolute atomic E-state index is 11.0. The number of ether oxygens (including phenoxy) is 1. The average molecular weight is 259 g/mol. The first kappa shape index (κ1) is 13.2. The van der Waals surface area contributed by atoms with Gasteiger partial charge in [0.15, 0.2) is 0 Å². The fourth-order valence-electron chi connectivity index (χ4n) is 2.00. The molecule has 2 fully saturated rings. The summed E-state index contributed by atoms with van der Waals surface area (Å²) in [5.74, 6) is 1.20. The van der Waals surface area contributed by atoms with Crippen LogP contribution in [-0.4, -0.2) is 47.4 Å². The zero-order chi connectivity index (χ0) is 12.1. The molecule has 0 bridgehead atoms. The molecule has 0 aromatic carbocycles. The molecule has 2 unspecified atom stereocenters. The van der Waals surface area contributed by atoms with E-state index in [4.69, 9.17) is 9.84 Å². The lowest BCUT2D eigenvalue weighted by Crippen LogP contribution is -2.38. The van der Waals surface area contributed by atoms with Crippen molar-refractivity contribution in [3.8, 4) is 0 Å². The van der Waals surface area contributed by atoms with E-state index in [1.807, 2.05) is 11.8 Å². The third-order valence-electron chi connectivity index (χ3n) is 3.19. The van der Waals surface area contributed by atoms with Crippen molar-refractivity contribution in [1.82, 2.24) is 5.32 Å². The fraction of sp³-hybridized carbons (Fsp3) is 0.917. The number of thioether (sulfide) groups is 1. The predicted octanol–water partition coefficient (Wildman–Crippen LogP) is 1.49. The van der Waals surface area contributed by atoms with Crippen LogP contribution in [-0.2, 0) is 9.53 Å². The van der Waals surface area contributed by atoms with Crippen LogP contribution in [0.4, 0.5) is 0 Å². The van der Waals surface area contributed by atoms with E-state index >= 15 is 0 Å². The smallest absolute Gasteiger partial charge is 0.320 e. The molecule has 98 valence electrons. The maximum Gasteiger partial charge on any atom is 0.320 e. The Morgan fingerprint density at radius 1 is 1.47 bits per heavy atom. The Labute approximate surface area is 106 Å². The number of nitrogens with one attached hydrogen (secondary N) is 1. The molecule has 1 saturated carbocycles. The van der Waals surface area contributed by atoms with Crippen molar-refractivity contribution in [2.45, 2.75) is 50.3 Å². The molecule has 0 spiro atoms. The molecule has 2 atom stereocenters. The Bertz CT molecular complexity index is 252. The second-order valence-corrected chi connectivity index (χ2v) is 5.98. The van der Waals surface area contributed by atoms with Crippen LogP contribution in [0.1, 0.15) is 32.1 Å². The molecule has 1 saturated heterocycles. The topological polar surface area (TPSA) is 58.6 Å². The van der Waals surface area contributed by atoms with Crippen molar-refractivity contribution >= 4 is 17.7 Å². The maximum atomic E-state index is 11.0. The molecule has 2 rings (SSSR count). The minimum atomic E-state index is -0.713. The summed E-state index contributed by atoms with van der Waals surface area (Å²) in [5.41, 5.74) is 0.